The average molecular weight is 373 g/mol. The molecule has 1 N–H and O–H groups in total. The molecule has 0 unspecified atom stereocenters. The van der Waals surface area contributed by atoms with Gasteiger partial charge in [-0.25, -0.2) is 19.9 Å². The minimum Gasteiger partial charge on any atom is -0.388 e. The number of hydrogen-bond acceptors (Lipinski definition) is 6. The highest BCUT2D eigenvalue weighted by Gasteiger charge is 2.27. The lowest BCUT2D eigenvalue weighted by Crippen LogP contribution is -2.23. The van der Waals surface area contributed by atoms with Gasteiger partial charge in [0.25, 0.3) is 0 Å². The second kappa shape index (κ2) is 7.01. The summed E-state index contributed by atoms with van der Waals surface area (Å²) in [4.78, 5) is 22.8. The highest BCUT2D eigenvalue weighted by molar-refractivity contribution is 5.74. The summed E-state index contributed by atoms with van der Waals surface area (Å²) in [7, 11) is 0. The first kappa shape index (κ1) is 16.8. The van der Waals surface area contributed by atoms with E-state index in [0.717, 1.165) is 48.2 Å². The first-order valence-electron chi connectivity index (χ1n) is 9.37. The van der Waals surface area contributed by atoms with E-state index in [1.165, 1.54) is 5.56 Å². The van der Waals surface area contributed by atoms with Crippen LogP contribution in [0.5, 0.6) is 0 Å². The quantitative estimate of drug-likeness (QED) is 0.590. The average Bonchev–Trinajstić information content (AvgIpc) is 3.37. The monoisotopic (exact) mass is 373 g/mol. The zero-order valence-corrected chi connectivity index (χ0v) is 15.2. The number of nitrogens with one attached hydrogen (secondary N) is 1. The summed E-state index contributed by atoms with van der Waals surface area (Å²) in [5.41, 5.74) is 3.87. The van der Waals surface area contributed by atoms with Crippen molar-refractivity contribution in [3.63, 3.8) is 0 Å². The molecule has 7 nitrogen and oxygen atoms in total. The molecular weight excluding hydrogens is 354 g/mol. The van der Waals surface area contributed by atoms with Gasteiger partial charge >= 0.3 is 5.76 Å². The van der Waals surface area contributed by atoms with Crippen molar-refractivity contribution in [2.75, 3.05) is 6.54 Å². The number of hydrogen-bond donors (Lipinski definition) is 1. The lowest BCUT2D eigenvalue weighted by atomic mass is 10.1. The number of aromatic amines is 1. The van der Waals surface area contributed by atoms with Gasteiger partial charge in [0, 0.05) is 23.7 Å². The van der Waals surface area contributed by atoms with Crippen molar-refractivity contribution in [3.05, 3.63) is 76.5 Å². The summed E-state index contributed by atoms with van der Waals surface area (Å²) in [6.07, 6.45) is 4.04. The van der Waals surface area contributed by atoms with Crippen LogP contribution < -0.4 is 5.76 Å². The first-order chi connectivity index (χ1) is 13.8. The number of nitrogens with zero attached hydrogens (tertiary/aromatic N) is 4. The molecule has 7 heteroatoms. The van der Waals surface area contributed by atoms with Crippen LogP contribution in [0.1, 0.15) is 30.1 Å². The van der Waals surface area contributed by atoms with Crippen molar-refractivity contribution < 1.29 is 4.42 Å². The second-order valence-electron chi connectivity index (χ2n) is 7.03. The maximum atomic E-state index is 11.1. The molecule has 140 valence electrons. The summed E-state index contributed by atoms with van der Waals surface area (Å²) in [5.74, 6) is -0.236. The van der Waals surface area contributed by atoms with Crippen LogP contribution in [0.15, 0.2) is 63.9 Å². The maximum absolute atomic E-state index is 11.1. The normalized spacial score (nSPS) is 17.4. The van der Waals surface area contributed by atoms with E-state index < -0.39 is 5.76 Å². The Balaban J connectivity index is 1.36. The van der Waals surface area contributed by atoms with Crippen LogP contribution in [0.3, 0.4) is 0 Å². The number of aromatic nitrogens is 4. The van der Waals surface area contributed by atoms with E-state index >= 15 is 0 Å². The number of rotatable bonds is 4. The number of H-pyrrole nitrogens is 1. The third-order valence-electron chi connectivity index (χ3n) is 5.22. The third kappa shape index (κ3) is 3.20. The molecule has 0 amide bonds. The molecule has 1 fully saturated rings. The van der Waals surface area contributed by atoms with E-state index in [9.17, 15) is 4.79 Å². The van der Waals surface area contributed by atoms with E-state index in [1.807, 2.05) is 24.3 Å². The van der Waals surface area contributed by atoms with Gasteiger partial charge in [-0.15, -0.1) is 5.10 Å². The fourth-order valence-corrected chi connectivity index (χ4v) is 3.84. The standard InChI is InChI=1S/C21H19N5O2/c27-21-25-24-20(28-21)16-7-5-14(6-8-16)13-26-12-2-4-18(26)17-10-9-15-3-1-11-22-19(15)23-17/h1,3,5-11,18H,2,4,12-13H2,(H,25,27)/t18-/m0/s1. The van der Waals surface area contributed by atoms with Crippen LogP contribution in [0, 0.1) is 0 Å². The zero-order valence-electron chi connectivity index (χ0n) is 15.2. The maximum Gasteiger partial charge on any atom is 0.434 e. The Morgan fingerprint density at radius 3 is 2.86 bits per heavy atom. The van der Waals surface area contributed by atoms with Gasteiger partial charge in [-0.3, -0.25) is 4.90 Å². The Bertz CT molecular complexity index is 1170. The molecule has 0 saturated carbocycles. The molecule has 1 saturated heterocycles. The lowest BCUT2D eigenvalue weighted by molar-refractivity contribution is 0.245. The van der Waals surface area contributed by atoms with Crippen molar-refractivity contribution >= 4 is 11.0 Å². The fourth-order valence-electron chi connectivity index (χ4n) is 3.84. The Labute approximate surface area is 161 Å². The van der Waals surface area contributed by atoms with E-state index in [-0.39, 0.29) is 0 Å². The minimum atomic E-state index is -0.545. The topological polar surface area (TPSA) is 87.9 Å². The van der Waals surface area contributed by atoms with Gasteiger partial charge in [-0.05, 0) is 61.3 Å². The summed E-state index contributed by atoms with van der Waals surface area (Å²) in [5, 5.41) is 7.22. The highest BCUT2D eigenvalue weighted by Crippen LogP contribution is 2.33. The predicted octanol–water partition coefficient (Wildman–Crippen LogP) is 3.31. The molecule has 0 bridgehead atoms. The molecule has 3 aromatic heterocycles. The summed E-state index contributed by atoms with van der Waals surface area (Å²) in [6.45, 7) is 1.89. The first-order valence-corrected chi connectivity index (χ1v) is 9.37. The largest absolute Gasteiger partial charge is 0.434 e. The molecule has 0 spiro atoms. The van der Waals surface area contributed by atoms with Crippen molar-refractivity contribution in [1.82, 2.24) is 25.1 Å². The van der Waals surface area contributed by atoms with Gasteiger partial charge in [0.15, 0.2) is 5.65 Å². The smallest absolute Gasteiger partial charge is 0.388 e. The van der Waals surface area contributed by atoms with Crippen LogP contribution in [-0.2, 0) is 6.54 Å². The molecule has 4 aromatic rings. The van der Waals surface area contributed by atoms with Gasteiger partial charge in [-0.2, -0.15) is 0 Å². The molecule has 28 heavy (non-hydrogen) atoms. The Hall–Kier alpha value is -3.32. The Morgan fingerprint density at radius 1 is 1.14 bits per heavy atom. The molecule has 0 radical (unpaired) electrons. The molecule has 5 rings (SSSR count). The molecule has 1 atom stereocenters. The van der Waals surface area contributed by atoms with Gasteiger partial charge in [0.2, 0.25) is 5.89 Å². The molecule has 1 aliphatic heterocycles. The molecule has 1 aromatic carbocycles. The van der Waals surface area contributed by atoms with E-state index in [4.69, 9.17) is 9.40 Å². The van der Waals surface area contributed by atoms with Crippen LogP contribution in [-0.4, -0.2) is 31.6 Å². The number of pyridine rings is 2. The zero-order chi connectivity index (χ0) is 18.9. The van der Waals surface area contributed by atoms with E-state index in [0.29, 0.717) is 11.9 Å². The predicted molar refractivity (Wildman–Crippen MR) is 104 cm³/mol. The van der Waals surface area contributed by atoms with Crippen molar-refractivity contribution in [2.45, 2.75) is 25.4 Å². The molecule has 1 aliphatic rings. The van der Waals surface area contributed by atoms with Gasteiger partial charge in [-0.1, -0.05) is 12.1 Å². The van der Waals surface area contributed by atoms with Crippen molar-refractivity contribution in [3.8, 4) is 11.5 Å². The SMILES string of the molecule is O=c1[nH]nc(-c2ccc(CN3CCC[C@H]3c3ccc4cccnc4n3)cc2)o1. The molecular formula is C21H19N5O2. The van der Waals surface area contributed by atoms with Gasteiger partial charge < -0.3 is 4.42 Å². The van der Waals surface area contributed by atoms with E-state index in [2.05, 4.69) is 44.3 Å². The number of fused-ring (bicyclic) bond motifs is 1. The summed E-state index contributed by atoms with van der Waals surface area (Å²) in [6, 6.07) is 16.5. The van der Waals surface area contributed by atoms with E-state index in [1.54, 1.807) is 6.20 Å². The van der Waals surface area contributed by atoms with Gasteiger partial charge in [0.1, 0.15) is 0 Å². The third-order valence-corrected chi connectivity index (χ3v) is 5.22. The summed E-state index contributed by atoms with van der Waals surface area (Å²) < 4.78 is 5.01. The molecule has 0 aliphatic carbocycles. The summed E-state index contributed by atoms with van der Waals surface area (Å²) >= 11 is 0. The highest BCUT2D eigenvalue weighted by atomic mass is 16.4. The van der Waals surface area contributed by atoms with Crippen LogP contribution in [0.25, 0.3) is 22.5 Å². The van der Waals surface area contributed by atoms with Crippen molar-refractivity contribution in [2.24, 2.45) is 0 Å². The second-order valence-corrected chi connectivity index (χ2v) is 7.03. The van der Waals surface area contributed by atoms with Crippen LogP contribution >= 0.6 is 0 Å². The number of likely N-dealkylation sites (tertiary alicyclic amines) is 1. The lowest BCUT2D eigenvalue weighted by Gasteiger charge is -2.24. The van der Waals surface area contributed by atoms with Crippen LogP contribution in [0.2, 0.25) is 0 Å². The Morgan fingerprint density at radius 2 is 2.04 bits per heavy atom. The Kier molecular flexibility index (Phi) is 4.21. The minimum absolute atomic E-state index is 0.301. The van der Waals surface area contributed by atoms with Crippen LogP contribution in [0.4, 0.5) is 0 Å². The number of benzene rings is 1. The van der Waals surface area contributed by atoms with Gasteiger partial charge in [0.05, 0.1) is 11.7 Å². The van der Waals surface area contributed by atoms with Crippen molar-refractivity contribution in [1.29, 1.82) is 0 Å². The fraction of sp³-hybridized carbons (Fsp3) is 0.238. The molecule has 4 heterocycles.